The van der Waals surface area contributed by atoms with Gasteiger partial charge in [0.15, 0.2) is 0 Å². The first-order chi connectivity index (χ1) is 11.6. The molecule has 0 saturated carbocycles. The lowest BCUT2D eigenvalue weighted by Crippen LogP contribution is -2.35. The van der Waals surface area contributed by atoms with Crippen LogP contribution >= 0.6 is 23.2 Å². The van der Waals surface area contributed by atoms with Crippen molar-refractivity contribution in [2.45, 2.75) is 13.0 Å². The van der Waals surface area contributed by atoms with Crippen molar-refractivity contribution in [3.63, 3.8) is 0 Å². The van der Waals surface area contributed by atoms with Gasteiger partial charge in [0.25, 0.3) is 5.91 Å². The summed E-state index contributed by atoms with van der Waals surface area (Å²) in [7, 11) is 0. The molecule has 1 heterocycles. The molecule has 0 bridgehead atoms. The van der Waals surface area contributed by atoms with Gasteiger partial charge in [-0.2, -0.15) is 0 Å². The van der Waals surface area contributed by atoms with E-state index in [-0.39, 0.29) is 5.91 Å². The largest absolute Gasteiger partial charge is 0.337 e. The van der Waals surface area contributed by atoms with Crippen LogP contribution < -0.4 is 0 Å². The maximum Gasteiger partial charge on any atom is 0.254 e. The quantitative estimate of drug-likeness (QED) is 0.810. The first-order valence-corrected chi connectivity index (χ1v) is 8.89. The van der Waals surface area contributed by atoms with Gasteiger partial charge in [0, 0.05) is 48.3 Å². The predicted molar refractivity (Wildman–Crippen MR) is 98.7 cm³/mol. The number of nitrogens with zero attached hydrogens (tertiary/aromatic N) is 2. The zero-order valence-corrected chi connectivity index (χ0v) is 14.9. The van der Waals surface area contributed by atoms with E-state index in [1.54, 1.807) is 18.2 Å². The number of amides is 1. The Labute approximate surface area is 152 Å². The number of hydrogen-bond donors (Lipinski definition) is 0. The van der Waals surface area contributed by atoms with Gasteiger partial charge >= 0.3 is 0 Å². The first-order valence-electron chi connectivity index (χ1n) is 8.13. The first kappa shape index (κ1) is 17.3. The summed E-state index contributed by atoms with van der Waals surface area (Å²) >= 11 is 12.0. The summed E-state index contributed by atoms with van der Waals surface area (Å²) < 4.78 is 0. The molecule has 2 aromatic rings. The summed E-state index contributed by atoms with van der Waals surface area (Å²) in [4.78, 5) is 17.0. The molecule has 1 aliphatic rings. The normalized spacial score (nSPS) is 16.0. The van der Waals surface area contributed by atoms with E-state index in [4.69, 9.17) is 23.2 Å². The van der Waals surface area contributed by atoms with Crippen molar-refractivity contribution >= 4 is 29.1 Å². The summed E-state index contributed by atoms with van der Waals surface area (Å²) in [5, 5.41) is 0.984. The molecular formula is C19H20Cl2N2O. The minimum Gasteiger partial charge on any atom is -0.337 e. The fourth-order valence-corrected chi connectivity index (χ4v) is 3.56. The molecule has 0 atom stereocenters. The summed E-state index contributed by atoms with van der Waals surface area (Å²) in [6, 6.07) is 15.4. The predicted octanol–water partition coefficient (Wildman–Crippen LogP) is 4.34. The number of benzene rings is 2. The molecule has 1 amide bonds. The van der Waals surface area contributed by atoms with Gasteiger partial charge < -0.3 is 4.90 Å². The van der Waals surface area contributed by atoms with Crippen LogP contribution in [0.5, 0.6) is 0 Å². The number of halogens is 2. The molecule has 126 valence electrons. The number of rotatable bonds is 3. The van der Waals surface area contributed by atoms with Gasteiger partial charge in [-0.25, -0.2) is 0 Å². The van der Waals surface area contributed by atoms with Gasteiger partial charge in [0.05, 0.1) is 0 Å². The Balaban J connectivity index is 1.63. The maximum atomic E-state index is 12.7. The number of hydrogen-bond acceptors (Lipinski definition) is 2. The Hall–Kier alpha value is -1.55. The molecule has 1 saturated heterocycles. The average molecular weight is 363 g/mol. The van der Waals surface area contributed by atoms with Gasteiger partial charge in [0.2, 0.25) is 0 Å². The van der Waals surface area contributed by atoms with Crippen LogP contribution in [0.3, 0.4) is 0 Å². The SMILES string of the molecule is O=C(c1cc(Cl)cc(Cl)c1)N1CCCN(Cc2ccccc2)CC1. The van der Waals surface area contributed by atoms with Crippen molar-refractivity contribution in [1.82, 2.24) is 9.80 Å². The molecule has 0 radical (unpaired) electrons. The highest BCUT2D eigenvalue weighted by molar-refractivity contribution is 6.35. The van der Waals surface area contributed by atoms with Crippen molar-refractivity contribution in [2.24, 2.45) is 0 Å². The molecule has 24 heavy (non-hydrogen) atoms. The standard InChI is InChI=1S/C19H20Cl2N2O/c20-17-11-16(12-18(21)13-17)19(24)23-8-4-7-22(9-10-23)14-15-5-2-1-3-6-15/h1-3,5-6,11-13H,4,7-10,14H2. The lowest BCUT2D eigenvalue weighted by Gasteiger charge is -2.22. The molecule has 5 heteroatoms. The minimum absolute atomic E-state index is 0.000890. The van der Waals surface area contributed by atoms with E-state index in [2.05, 4.69) is 29.2 Å². The van der Waals surface area contributed by atoms with Crippen LogP contribution in [0.25, 0.3) is 0 Å². The molecule has 0 N–H and O–H groups in total. The van der Waals surface area contributed by atoms with E-state index in [0.29, 0.717) is 15.6 Å². The second-order valence-corrected chi connectivity index (χ2v) is 6.94. The fraction of sp³-hybridized carbons (Fsp3) is 0.316. The summed E-state index contributed by atoms with van der Waals surface area (Å²) in [5.41, 5.74) is 1.86. The van der Waals surface area contributed by atoms with Crippen LogP contribution in [-0.2, 0) is 6.54 Å². The Bertz CT molecular complexity index is 686. The third-order valence-corrected chi connectivity index (χ3v) is 4.67. The van der Waals surface area contributed by atoms with E-state index < -0.39 is 0 Å². The highest BCUT2D eigenvalue weighted by Gasteiger charge is 2.21. The molecule has 1 aliphatic heterocycles. The van der Waals surface area contributed by atoms with Crippen LogP contribution in [0, 0.1) is 0 Å². The Morgan fingerprint density at radius 1 is 0.917 bits per heavy atom. The van der Waals surface area contributed by atoms with Crippen LogP contribution in [0.4, 0.5) is 0 Å². The molecule has 2 aromatic carbocycles. The minimum atomic E-state index is 0.000890. The van der Waals surface area contributed by atoms with Crippen LogP contribution in [0.2, 0.25) is 10.0 Å². The van der Waals surface area contributed by atoms with E-state index in [0.717, 1.165) is 39.1 Å². The van der Waals surface area contributed by atoms with Crippen LogP contribution in [0.15, 0.2) is 48.5 Å². The zero-order chi connectivity index (χ0) is 16.9. The van der Waals surface area contributed by atoms with Crippen molar-refractivity contribution in [1.29, 1.82) is 0 Å². The number of carbonyl (C=O) groups excluding carboxylic acids is 1. The van der Waals surface area contributed by atoms with Crippen molar-refractivity contribution < 1.29 is 4.79 Å². The second-order valence-electron chi connectivity index (χ2n) is 6.07. The van der Waals surface area contributed by atoms with Crippen molar-refractivity contribution in [3.8, 4) is 0 Å². The van der Waals surface area contributed by atoms with Gasteiger partial charge in [-0.15, -0.1) is 0 Å². The van der Waals surface area contributed by atoms with Crippen molar-refractivity contribution in [3.05, 3.63) is 69.7 Å². The molecular weight excluding hydrogens is 343 g/mol. The van der Waals surface area contributed by atoms with Crippen molar-refractivity contribution in [2.75, 3.05) is 26.2 Å². The fourth-order valence-electron chi connectivity index (χ4n) is 3.03. The second kappa shape index (κ2) is 8.02. The van der Waals surface area contributed by atoms with Crippen LogP contribution in [0.1, 0.15) is 22.3 Å². The molecule has 0 spiro atoms. The Morgan fingerprint density at radius 3 is 2.33 bits per heavy atom. The van der Waals surface area contributed by atoms with Gasteiger partial charge in [-0.1, -0.05) is 53.5 Å². The van der Waals surface area contributed by atoms with E-state index in [1.807, 2.05) is 11.0 Å². The van der Waals surface area contributed by atoms with Gasteiger partial charge in [0.1, 0.15) is 0 Å². The molecule has 1 fully saturated rings. The Kier molecular flexibility index (Phi) is 5.77. The van der Waals surface area contributed by atoms with E-state index >= 15 is 0 Å². The molecule has 0 aliphatic carbocycles. The summed E-state index contributed by atoms with van der Waals surface area (Å²) in [6.45, 7) is 4.26. The number of carbonyl (C=O) groups is 1. The summed E-state index contributed by atoms with van der Waals surface area (Å²) in [6.07, 6.45) is 0.965. The topological polar surface area (TPSA) is 23.6 Å². The molecule has 0 unspecified atom stereocenters. The van der Waals surface area contributed by atoms with E-state index in [9.17, 15) is 4.79 Å². The Morgan fingerprint density at radius 2 is 1.62 bits per heavy atom. The third kappa shape index (κ3) is 4.50. The van der Waals surface area contributed by atoms with E-state index in [1.165, 1.54) is 5.56 Å². The lowest BCUT2D eigenvalue weighted by molar-refractivity contribution is 0.0761. The smallest absolute Gasteiger partial charge is 0.254 e. The average Bonchev–Trinajstić information content (AvgIpc) is 2.80. The monoisotopic (exact) mass is 362 g/mol. The molecule has 3 nitrogen and oxygen atoms in total. The van der Waals surface area contributed by atoms with Gasteiger partial charge in [-0.05, 0) is 30.2 Å². The zero-order valence-electron chi connectivity index (χ0n) is 13.4. The van der Waals surface area contributed by atoms with Crippen LogP contribution in [-0.4, -0.2) is 41.9 Å². The maximum absolute atomic E-state index is 12.7. The molecule has 0 aromatic heterocycles. The van der Waals surface area contributed by atoms with Gasteiger partial charge in [-0.3, -0.25) is 9.69 Å². The third-order valence-electron chi connectivity index (χ3n) is 4.23. The molecule has 3 rings (SSSR count). The highest BCUT2D eigenvalue weighted by atomic mass is 35.5. The lowest BCUT2D eigenvalue weighted by atomic mass is 10.2. The highest BCUT2D eigenvalue weighted by Crippen LogP contribution is 2.21. The summed E-state index contributed by atoms with van der Waals surface area (Å²) in [5.74, 6) is 0.000890.